The Morgan fingerprint density at radius 3 is 2.83 bits per heavy atom. The van der Waals surface area contributed by atoms with Crippen LogP contribution < -0.4 is 17.4 Å². The lowest BCUT2D eigenvalue weighted by Gasteiger charge is -1.83. The van der Waals surface area contributed by atoms with Crippen molar-refractivity contribution in [3.05, 3.63) is 36.2 Å². The first kappa shape index (κ1) is 10.8. The number of carbonyl (C=O) groups is 1. The predicted octanol–water partition coefficient (Wildman–Crippen LogP) is -1.89. The first-order chi connectivity index (χ1) is 5.29. The van der Waals surface area contributed by atoms with Crippen molar-refractivity contribution in [2.45, 2.75) is 6.92 Å². The van der Waals surface area contributed by atoms with Gasteiger partial charge in [-0.25, -0.2) is 4.98 Å². The third-order valence-corrected chi connectivity index (χ3v) is 1.24. The van der Waals surface area contributed by atoms with Crippen molar-refractivity contribution in [2.24, 2.45) is 0 Å². The molecule has 1 heterocycles. The van der Waals surface area contributed by atoms with E-state index in [9.17, 15) is 4.79 Å². The third kappa shape index (κ3) is 3.88. The molecular formula is C9H10ClNO. The van der Waals surface area contributed by atoms with Crippen LogP contribution in [0.1, 0.15) is 12.5 Å². The monoisotopic (exact) mass is 183 g/mol. The molecular weight excluding hydrogens is 174 g/mol. The highest BCUT2D eigenvalue weighted by atomic mass is 35.5. The van der Waals surface area contributed by atoms with Gasteiger partial charge in [-0.2, -0.15) is 0 Å². The lowest BCUT2D eigenvalue weighted by Crippen LogP contribution is -3.00. The zero-order chi connectivity index (χ0) is 8.10. The quantitative estimate of drug-likeness (QED) is 0.494. The SMILES string of the molecule is CC(=O)C=Cc1ccc[nH+]c1.[Cl-]. The molecule has 1 N–H and O–H groups in total. The Bertz CT molecular complexity index is 269. The molecule has 0 saturated heterocycles. The molecule has 0 radical (unpaired) electrons. The molecule has 0 aromatic carbocycles. The normalized spacial score (nSPS) is 9.42. The molecule has 1 rings (SSSR count). The minimum atomic E-state index is 0. The molecule has 2 nitrogen and oxygen atoms in total. The largest absolute Gasteiger partial charge is 1.00 e. The summed E-state index contributed by atoms with van der Waals surface area (Å²) >= 11 is 0. The molecule has 0 amide bonds. The van der Waals surface area contributed by atoms with Gasteiger partial charge >= 0.3 is 0 Å². The summed E-state index contributed by atoms with van der Waals surface area (Å²) in [5, 5.41) is 0. The van der Waals surface area contributed by atoms with Crippen molar-refractivity contribution in [2.75, 3.05) is 0 Å². The van der Waals surface area contributed by atoms with E-state index >= 15 is 0 Å². The topological polar surface area (TPSA) is 31.2 Å². The van der Waals surface area contributed by atoms with Crippen molar-refractivity contribution < 1.29 is 22.2 Å². The van der Waals surface area contributed by atoms with Crippen LogP contribution in [0.15, 0.2) is 30.6 Å². The molecule has 1 aromatic heterocycles. The Balaban J connectivity index is 0.00000121. The van der Waals surface area contributed by atoms with Gasteiger partial charge in [-0.15, -0.1) is 0 Å². The van der Waals surface area contributed by atoms with Crippen LogP contribution in [0.3, 0.4) is 0 Å². The number of pyridine rings is 1. The summed E-state index contributed by atoms with van der Waals surface area (Å²) in [6.07, 6.45) is 6.98. The smallest absolute Gasteiger partial charge is 0.174 e. The van der Waals surface area contributed by atoms with Crippen LogP contribution in [0, 0.1) is 0 Å². The van der Waals surface area contributed by atoms with Gasteiger partial charge in [-0.1, -0.05) is 0 Å². The van der Waals surface area contributed by atoms with E-state index < -0.39 is 0 Å². The van der Waals surface area contributed by atoms with E-state index in [4.69, 9.17) is 0 Å². The molecule has 0 atom stereocenters. The summed E-state index contributed by atoms with van der Waals surface area (Å²) in [5.41, 5.74) is 1.00. The van der Waals surface area contributed by atoms with Crippen molar-refractivity contribution in [3.8, 4) is 0 Å². The highest BCUT2D eigenvalue weighted by Gasteiger charge is 1.88. The number of aromatic nitrogens is 1. The van der Waals surface area contributed by atoms with Crippen LogP contribution in [0.5, 0.6) is 0 Å². The zero-order valence-electron chi connectivity index (χ0n) is 6.75. The minimum absolute atomic E-state index is 0. The van der Waals surface area contributed by atoms with E-state index in [0.29, 0.717) is 0 Å². The summed E-state index contributed by atoms with van der Waals surface area (Å²) in [7, 11) is 0. The molecule has 0 unspecified atom stereocenters. The molecule has 1 aromatic rings. The highest BCUT2D eigenvalue weighted by Crippen LogP contribution is 1.95. The summed E-state index contributed by atoms with van der Waals surface area (Å²) in [5.74, 6) is 0.0638. The molecule has 0 bridgehead atoms. The van der Waals surface area contributed by atoms with Crippen molar-refractivity contribution in [3.63, 3.8) is 0 Å². The maximum Gasteiger partial charge on any atom is 0.174 e. The number of nitrogens with one attached hydrogen (secondary N) is 1. The number of carbonyl (C=O) groups excluding carboxylic acids is 1. The number of hydrogen-bond donors (Lipinski definition) is 0. The second kappa shape index (κ2) is 5.49. The third-order valence-electron chi connectivity index (χ3n) is 1.24. The second-order valence-electron chi connectivity index (χ2n) is 2.28. The van der Waals surface area contributed by atoms with E-state index in [1.54, 1.807) is 12.2 Å². The van der Waals surface area contributed by atoms with Gasteiger partial charge < -0.3 is 12.4 Å². The summed E-state index contributed by atoms with van der Waals surface area (Å²) in [4.78, 5) is 13.4. The van der Waals surface area contributed by atoms with Crippen LogP contribution >= 0.6 is 0 Å². The number of H-pyrrole nitrogens is 1. The van der Waals surface area contributed by atoms with Crippen molar-refractivity contribution >= 4 is 11.9 Å². The Morgan fingerprint density at radius 2 is 2.33 bits per heavy atom. The van der Waals surface area contributed by atoms with E-state index in [1.165, 1.54) is 6.92 Å². The summed E-state index contributed by atoms with van der Waals surface area (Å²) in [6, 6.07) is 3.82. The van der Waals surface area contributed by atoms with Gasteiger partial charge in [0.25, 0.3) is 0 Å². The molecule has 0 aliphatic heterocycles. The minimum Gasteiger partial charge on any atom is -1.00 e. The molecule has 0 aliphatic carbocycles. The van der Waals surface area contributed by atoms with Crippen LogP contribution in [0.4, 0.5) is 0 Å². The number of hydrogen-bond acceptors (Lipinski definition) is 1. The fourth-order valence-electron chi connectivity index (χ4n) is 0.724. The lowest BCUT2D eigenvalue weighted by atomic mass is 10.2. The van der Waals surface area contributed by atoms with Crippen molar-refractivity contribution in [1.29, 1.82) is 0 Å². The molecule has 3 heteroatoms. The van der Waals surface area contributed by atoms with Crippen LogP contribution in [-0.4, -0.2) is 5.78 Å². The molecule has 0 aliphatic rings. The van der Waals surface area contributed by atoms with Gasteiger partial charge in [0.1, 0.15) is 0 Å². The summed E-state index contributed by atoms with van der Waals surface area (Å²) in [6.45, 7) is 1.53. The standard InChI is InChI=1S/C9H9NO.ClH/c1-8(11)4-5-9-3-2-6-10-7-9;/h2-7H,1H3;1H. The first-order valence-corrected chi connectivity index (χ1v) is 3.44. The number of aromatic amines is 1. The zero-order valence-corrected chi connectivity index (χ0v) is 7.51. The fourth-order valence-corrected chi connectivity index (χ4v) is 0.724. The van der Waals surface area contributed by atoms with E-state index in [1.807, 2.05) is 24.5 Å². The molecule has 12 heavy (non-hydrogen) atoms. The maximum atomic E-state index is 10.5. The van der Waals surface area contributed by atoms with Crippen LogP contribution in [-0.2, 0) is 4.79 Å². The fraction of sp³-hybridized carbons (Fsp3) is 0.111. The lowest BCUT2D eigenvalue weighted by molar-refractivity contribution is -0.378. The maximum absolute atomic E-state index is 10.5. The predicted molar refractivity (Wildman–Crippen MR) is 42.7 cm³/mol. The highest BCUT2D eigenvalue weighted by molar-refractivity contribution is 5.91. The van der Waals surface area contributed by atoms with Gasteiger partial charge in [0.15, 0.2) is 18.2 Å². The Kier molecular flexibility index (Phi) is 4.97. The van der Waals surface area contributed by atoms with E-state index in [-0.39, 0.29) is 18.2 Å². The van der Waals surface area contributed by atoms with Gasteiger partial charge in [-0.05, 0) is 25.1 Å². The Morgan fingerprint density at radius 1 is 1.58 bits per heavy atom. The van der Waals surface area contributed by atoms with Gasteiger partial charge in [-0.3, -0.25) is 4.79 Å². The average Bonchev–Trinajstić information content (AvgIpc) is 2.03. The van der Waals surface area contributed by atoms with Gasteiger partial charge in [0, 0.05) is 11.6 Å². The molecule has 0 spiro atoms. The van der Waals surface area contributed by atoms with Crippen LogP contribution in [0.25, 0.3) is 6.08 Å². The Hall–Kier alpha value is -1.15. The van der Waals surface area contributed by atoms with E-state index in [0.717, 1.165) is 5.56 Å². The Labute approximate surface area is 77.7 Å². The molecule has 64 valence electrons. The second-order valence-corrected chi connectivity index (χ2v) is 2.28. The summed E-state index contributed by atoms with van der Waals surface area (Å²) < 4.78 is 0. The van der Waals surface area contributed by atoms with Crippen molar-refractivity contribution in [1.82, 2.24) is 0 Å². The number of ketones is 1. The van der Waals surface area contributed by atoms with Gasteiger partial charge in [0.2, 0.25) is 0 Å². The number of halogens is 1. The molecule has 0 fully saturated rings. The number of rotatable bonds is 2. The van der Waals surface area contributed by atoms with E-state index in [2.05, 4.69) is 4.98 Å². The average molecular weight is 184 g/mol. The first-order valence-electron chi connectivity index (χ1n) is 3.44. The number of allylic oxidation sites excluding steroid dienone is 1. The van der Waals surface area contributed by atoms with Gasteiger partial charge in [0.05, 0.1) is 0 Å². The van der Waals surface area contributed by atoms with Crippen LogP contribution in [0.2, 0.25) is 0 Å². The molecule has 0 saturated carbocycles.